The zero-order chi connectivity index (χ0) is 12.8. The summed E-state index contributed by atoms with van der Waals surface area (Å²) in [5.74, 6) is 0.618. The molecule has 94 valence electrons. The minimum Gasteiger partial charge on any atom is -0.481 e. The van der Waals surface area contributed by atoms with Gasteiger partial charge in [-0.15, -0.1) is 0 Å². The van der Waals surface area contributed by atoms with Crippen molar-refractivity contribution in [3.05, 3.63) is 48.2 Å². The molecule has 0 fully saturated rings. The lowest BCUT2D eigenvalue weighted by atomic mass is 10.0. The van der Waals surface area contributed by atoms with Gasteiger partial charge in [0.1, 0.15) is 6.33 Å². The van der Waals surface area contributed by atoms with Crippen LogP contribution in [0, 0.1) is 0 Å². The number of ether oxygens (including phenoxy) is 1. The SMILES string of the molecule is CCNC(c1cncnc1)c1cccnc1OC. The third-order valence-corrected chi connectivity index (χ3v) is 2.63. The van der Waals surface area contributed by atoms with E-state index in [1.54, 1.807) is 25.7 Å². The van der Waals surface area contributed by atoms with Crippen LogP contribution in [0.3, 0.4) is 0 Å². The van der Waals surface area contributed by atoms with Crippen LogP contribution in [0.25, 0.3) is 0 Å². The standard InChI is InChI=1S/C13H16N4O/c1-3-16-12(10-7-14-9-15-8-10)11-5-4-6-17-13(11)18-2/h4-9,12,16H,3H2,1-2H3. The lowest BCUT2D eigenvalue weighted by Crippen LogP contribution is -2.23. The summed E-state index contributed by atoms with van der Waals surface area (Å²) in [5.41, 5.74) is 1.97. The summed E-state index contributed by atoms with van der Waals surface area (Å²) < 4.78 is 5.30. The van der Waals surface area contributed by atoms with Crippen LogP contribution >= 0.6 is 0 Å². The van der Waals surface area contributed by atoms with Crippen LogP contribution in [-0.4, -0.2) is 28.6 Å². The number of aromatic nitrogens is 3. The van der Waals surface area contributed by atoms with Crippen molar-refractivity contribution in [1.82, 2.24) is 20.3 Å². The second kappa shape index (κ2) is 6.07. The van der Waals surface area contributed by atoms with E-state index in [1.165, 1.54) is 6.33 Å². The highest BCUT2D eigenvalue weighted by atomic mass is 16.5. The minimum atomic E-state index is -0.0140. The first-order valence-corrected chi connectivity index (χ1v) is 5.84. The van der Waals surface area contributed by atoms with Gasteiger partial charge in [0, 0.05) is 29.7 Å². The molecule has 0 saturated carbocycles. The Morgan fingerprint density at radius 3 is 2.78 bits per heavy atom. The summed E-state index contributed by atoms with van der Waals surface area (Å²) in [7, 11) is 1.62. The number of rotatable bonds is 5. The van der Waals surface area contributed by atoms with Crippen molar-refractivity contribution < 1.29 is 4.74 Å². The van der Waals surface area contributed by atoms with Crippen molar-refractivity contribution >= 4 is 0 Å². The van der Waals surface area contributed by atoms with Gasteiger partial charge in [-0.05, 0) is 12.6 Å². The molecule has 2 aromatic rings. The molecule has 2 rings (SSSR count). The summed E-state index contributed by atoms with van der Waals surface area (Å²) >= 11 is 0. The first-order chi connectivity index (χ1) is 8.86. The first-order valence-electron chi connectivity index (χ1n) is 5.84. The Kier molecular flexibility index (Phi) is 4.20. The summed E-state index contributed by atoms with van der Waals surface area (Å²) in [6, 6.07) is 3.87. The summed E-state index contributed by atoms with van der Waals surface area (Å²) in [5, 5.41) is 3.39. The highest BCUT2D eigenvalue weighted by Gasteiger charge is 2.18. The lowest BCUT2D eigenvalue weighted by molar-refractivity contribution is 0.387. The Bertz CT molecular complexity index is 489. The van der Waals surface area contributed by atoms with E-state index in [4.69, 9.17) is 4.74 Å². The molecule has 0 aliphatic carbocycles. The zero-order valence-electron chi connectivity index (χ0n) is 10.5. The van der Waals surface area contributed by atoms with Gasteiger partial charge in [-0.2, -0.15) is 0 Å². The molecule has 0 aromatic carbocycles. The maximum atomic E-state index is 5.30. The highest BCUT2D eigenvalue weighted by molar-refractivity contribution is 5.35. The number of nitrogens with one attached hydrogen (secondary N) is 1. The average molecular weight is 244 g/mol. The maximum Gasteiger partial charge on any atom is 0.218 e. The average Bonchev–Trinajstić information content (AvgIpc) is 2.46. The molecule has 0 saturated heterocycles. The Labute approximate surface area is 106 Å². The second-order valence-corrected chi connectivity index (χ2v) is 3.76. The number of hydrogen-bond donors (Lipinski definition) is 1. The quantitative estimate of drug-likeness (QED) is 0.865. The minimum absolute atomic E-state index is 0.0140. The topological polar surface area (TPSA) is 59.9 Å². The largest absolute Gasteiger partial charge is 0.481 e. The van der Waals surface area contributed by atoms with Gasteiger partial charge in [0.2, 0.25) is 5.88 Å². The molecular weight excluding hydrogens is 228 g/mol. The third kappa shape index (κ3) is 2.62. The van der Waals surface area contributed by atoms with E-state index < -0.39 is 0 Å². The first kappa shape index (κ1) is 12.4. The molecule has 18 heavy (non-hydrogen) atoms. The molecule has 5 nitrogen and oxygen atoms in total. The van der Waals surface area contributed by atoms with E-state index in [0.29, 0.717) is 5.88 Å². The zero-order valence-corrected chi connectivity index (χ0v) is 10.5. The third-order valence-electron chi connectivity index (χ3n) is 2.63. The van der Waals surface area contributed by atoms with Crippen molar-refractivity contribution in [2.24, 2.45) is 0 Å². The number of hydrogen-bond acceptors (Lipinski definition) is 5. The molecule has 0 aliphatic rings. The normalized spacial score (nSPS) is 12.1. The van der Waals surface area contributed by atoms with E-state index in [0.717, 1.165) is 17.7 Å². The molecule has 2 aromatic heterocycles. The van der Waals surface area contributed by atoms with Crippen LogP contribution in [0.15, 0.2) is 37.1 Å². The summed E-state index contributed by atoms with van der Waals surface area (Å²) in [4.78, 5) is 12.3. The van der Waals surface area contributed by atoms with Gasteiger partial charge in [0.05, 0.1) is 13.2 Å². The highest BCUT2D eigenvalue weighted by Crippen LogP contribution is 2.27. The Morgan fingerprint density at radius 1 is 1.33 bits per heavy atom. The predicted molar refractivity (Wildman–Crippen MR) is 68.3 cm³/mol. The van der Waals surface area contributed by atoms with E-state index >= 15 is 0 Å². The summed E-state index contributed by atoms with van der Waals surface area (Å²) in [6.45, 7) is 2.89. The van der Waals surface area contributed by atoms with Gasteiger partial charge >= 0.3 is 0 Å². The number of nitrogens with zero attached hydrogens (tertiary/aromatic N) is 3. The maximum absolute atomic E-state index is 5.30. The Morgan fingerprint density at radius 2 is 2.11 bits per heavy atom. The van der Waals surface area contributed by atoms with E-state index in [-0.39, 0.29) is 6.04 Å². The predicted octanol–water partition coefficient (Wildman–Crippen LogP) is 1.58. The van der Waals surface area contributed by atoms with Crippen molar-refractivity contribution in [2.75, 3.05) is 13.7 Å². The van der Waals surface area contributed by atoms with Gasteiger partial charge < -0.3 is 10.1 Å². The van der Waals surface area contributed by atoms with Crippen molar-refractivity contribution in [2.45, 2.75) is 13.0 Å². The number of pyridine rings is 1. The van der Waals surface area contributed by atoms with E-state index in [1.807, 2.05) is 12.1 Å². The molecule has 1 N–H and O–H groups in total. The van der Waals surface area contributed by atoms with Crippen molar-refractivity contribution in [1.29, 1.82) is 0 Å². The molecule has 0 spiro atoms. The van der Waals surface area contributed by atoms with E-state index in [9.17, 15) is 0 Å². The van der Waals surface area contributed by atoms with Crippen LogP contribution in [-0.2, 0) is 0 Å². The van der Waals surface area contributed by atoms with Gasteiger partial charge in [0.25, 0.3) is 0 Å². The fraction of sp³-hybridized carbons (Fsp3) is 0.308. The van der Waals surface area contributed by atoms with Gasteiger partial charge in [-0.3, -0.25) is 0 Å². The summed E-state index contributed by atoms with van der Waals surface area (Å²) in [6.07, 6.45) is 6.83. The molecule has 2 heterocycles. The fourth-order valence-electron chi connectivity index (χ4n) is 1.86. The smallest absolute Gasteiger partial charge is 0.218 e. The van der Waals surface area contributed by atoms with Gasteiger partial charge in [-0.1, -0.05) is 13.0 Å². The monoisotopic (exact) mass is 244 g/mol. The van der Waals surface area contributed by atoms with Crippen molar-refractivity contribution in [3.63, 3.8) is 0 Å². The van der Waals surface area contributed by atoms with E-state index in [2.05, 4.69) is 27.2 Å². The van der Waals surface area contributed by atoms with Crippen molar-refractivity contribution in [3.8, 4) is 5.88 Å². The molecule has 0 amide bonds. The van der Waals surface area contributed by atoms with Crippen LogP contribution in [0.4, 0.5) is 0 Å². The Balaban J connectivity index is 2.41. The molecule has 0 aliphatic heterocycles. The number of methoxy groups -OCH3 is 1. The van der Waals surface area contributed by atoms with Crippen LogP contribution in [0.1, 0.15) is 24.1 Å². The molecule has 0 radical (unpaired) electrons. The van der Waals surface area contributed by atoms with Crippen LogP contribution in [0.2, 0.25) is 0 Å². The van der Waals surface area contributed by atoms with Crippen LogP contribution in [0.5, 0.6) is 5.88 Å². The molecule has 1 atom stereocenters. The van der Waals surface area contributed by atoms with Gasteiger partial charge in [0.15, 0.2) is 0 Å². The molecule has 5 heteroatoms. The fourth-order valence-corrected chi connectivity index (χ4v) is 1.86. The second-order valence-electron chi connectivity index (χ2n) is 3.76. The van der Waals surface area contributed by atoms with Crippen LogP contribution < -0.4 is 10.1 Å². The van der Waals surface area contributed by atoms with Gasteiger partial charge in [-0.25, -0.2) is 15.0 Å². The molecule has 0 bridgehead atoms. The Hall–Kier alpha value is -2.01. The molecular formula is C13H16N4O. The molecule has 1 unspecified atom stereocenters. The lowest BCUT2D eigenvalue weighted by Gasteiger charge is -2.19.